The minimum atomic E-state index is -0.663. The minimum absolute atomic E-state index is 0.663. The van der Waals surface area contributed by atoms with Crippen molar-refractivity contribution in [3.05, 3.63) is 17.3 Å². The third kappa shape index (κ3) is 3.28. The van der Waals surface area contributed by atoms with E-state index in [2.05, 4.69) is 26.2 Å². The van der Waals surface area contributed by atoms with Crippen LogP contribution in [-0.4, -0.2) is 58.5 Å². The first-order valence-corrected chi connectivity index (χ1v) is 9.40. The predicted molar refractivity (Wildman–Crippen MR) is 86.7 cm³/mol. The summed E-state index contributed by atoms with van der Waals surface area (Å²) in [5, 5.41) is 5.44. The van der Waals surface area contributed by atoms with Crippen molar-refractivity contribution in [2.45, 2.75) is 6.54 Å². The highest BCUT2D eigenvalue weighted by molar-refractivity contribution is 7.85. The average molecular weight is 328 g/mol. The van der Waals surface area contributed by atoms with E-state index >= 15 is 0 Å². The molecule has 6 nitrogen and oxygen atoms in total. The number of nitrogens with zero attached hydrogens (tertiary/aromatic N) is 3. The van der Waals surface area contributed by atoms with E-state index in [1.165, 1.54) is 5.69 Å². The Kier molecular flexibility index (Phi) is 4.89. The van der Waals surface area contributed by atoms with Crippen LogP contribution < -0.4 is 10.2 Å². The molecule has 0 radical (unpaired) electrons. The van der Waals surface area contributed by atoms with Gasteiger partial charge in [0.05, 0.1) is 12.3 Å². The standard InChI is InChI=1S/C13H20N4O2S2/c1-19-6-2-14-10-11-12(15-13-17(11)3-7-20-13)16-4-8-21(18)9-5-16/h3,7,14H,2,4-6,8-10H2,1H3. The number of aromatic nitrogens is 2. The monoisotopic (exact) mass is 328 g/mol. The largest absolute Gasteiger partial charge is 0.383 e. The minimum Gasteiger partial charge on any atom is -0.383 e. The zero-order valence-corrected chi connectivity index (χ0v) is 13.7. The van der Waals surface area contributed by atoms with Crippen molar-refractivity contribution in [2.24, 2.45) is 0 Å². The summed E-state index contributed by atoms with van der Waals surface area (Å²) in [5.74, 6) is 2.51. The number of imidazole rings is 1. The highest BCUT2D eigenvalue weighted by atomic mass is 32.2. The summed E-state index contributed by atoms with van der Waals surface area (Å²) in [5.41, 5.74) is 1.18. The maximum Gasteiger partial charge on any atom is 0.195 e. The number of thiazole rings is 1. The zero-order valence-electron chi connectivity index (χ0n) is 12.1. The van der Waals surface area contributed by atoms with E-state index in [9.17, 15) is 4.21 Å². The van der Waals surface area contributed by atoms with Crippen molar-refractivity contribution in [3.63, 3.8) is 0 Å². The molecule has 0 atom stereocenters. The molecule has 1 saturated heterocycles. The maximum absolute atomic E-state index is 11.5. The molecular formula is C13H20N4O2S2. The van der Waals surface area contributed by atoms with E-state index in [0.29, 0.717) is 6.61 Å². The maximum atomic E-state index is 11.5. The number of anilines is 1. The van der Waals surface area contributed by atoms with Crippen LogP contribution in [0.15, 0.2) is 11.6 Å². The highest BCUT2D eigenvalue weighted by Gasteiger charge is 2.22. The van der Waals surface area contributed by atoms with Gasteiger partial charge in [-0.05, 0) is 0 Å². The van der Waals surface area contributed by atoms with Crippen LogP contribution in [0.5, 0.6) is 0 Å². The topological polar surface area (TPSA) is 58.9 Å². The number of nitrogens with one attached hydrogen (secondary N) is 1. The molecule has 1 fully saturated rings. The first kappa shape index (κ1) is 15.0. The lowest BCUT2D eigenvalue weighted by atomic mass is 10.3. The van der Waals surface area contributed by atoms with Gasteiger partial charge in [-0.3, -0.25) is 8.61 Å². The summed E-state index contributed by atoms with van der Waals surface area (Å²) in [7, 11) is 1.04. The lowest BCUT2D eigenvalue weighted by Gasteiger charge is -2.27. The predicted octanol–water partition coefficient (Wildman–Crippen LogP) is 0.700. The molecular weight excluding hydrogens is 308 g/mol. The van der Waals surface area contributed by atoms with Crippen LogP contribution in [0.25, 0.3) is 4.96 Å². The van der Waals surface area contributed by atoms with Gasteiger partial charge in [-0.25, -0.2) is 4.98 Å². The Bertz CT molecular complexity index is 615. The number of ether oxygens (including phenoxy) is 1. The lowest BCUT2D eigenvalue weighted by molar-refractivity contribution is 0.199. The molecule has 0 unspecified atom stereocenters. The van der Waals surface area contributed by atoms with Gasteiger partial charge in [-0.2, -0.15) is 0 Å². The Hall–Kier alpha value is -0.960. The third-order valence-electron chi connectivity index (χ3n) is 3.59. The molecule has 0 saturated carbocycles. The Balaban J connectivity index is 1.79. The second-order valence-corrected chi connectivity index (χ2v) is 7.51. The first-order valence-electron chi connectivity index (χ1n) is 7.03. The summed E-state index contributed by atoms with van der Waals surface area (Å²) in [6.07, 6.45) is 2.06. The zero-order chi connectivity index (χ0) is 14.7. The van der Waals surface area contributed by atoms with Gasteiger partial charge in [0, 0.05) is 67.2 Å². The fourth-order valence-electron chi connectivity index (χ4n) is 2.47. The second-order valence-electron chi connectivity index (χ2n) is 4.94. The molecule has 3 rings (SSSR count). The lowest BCUT2D eigenvalue weighted by Crippen LogP contribution is -2.38. The van der Waals surface area contributed by atoms with Crippen LogP contribution in [0, 0.1) is 0 Å². The van der Waals surface area contributed by atoms with E-state index in [1.54, 1.807) is 18.4 Å². The Labute approximate surface area is 130 Å². The number of fused-ring (bicyclic) bond motifs is 1. The summed E-state index contributed by atoms with van der Waals surface area (Å²) in [6, 6.07) is 0. The normalized spacial score (nSPS) is 16.9. The van der Waals surface area contributed by atoms with Crippen LogP contribution >= 0.6 is 11.3 Å². The quantitative estimate of drug-likeness (QED) is 0.791. The molecule has 1 aliphatic heterocycles. The third-order valence-corrected chi connectivity index (χ3v) is 5.63. The summed E-state index contributed by atoms with van der Waals surface area (Å²) in [4.78, 5) is 8.03. The van der Waals surface area contributed by atoms with E-state index in [1.807, 2.05) is 0 Å². The van der Waals surface area contributed by atoms with E-state index < -0.39 is 10.8 Å². The van der Waals surface area contributed by atoms with E-state index in [-0.39, 0.29) is 0 Å². The van der Waals surface area contributed by atoms with Gasteiger partial charge in [0.2, 0.25) is 0 Å². The molecule has 0 bridgehead atoms. The summed E-state index contributed by atoms with van der Waals surface area (Å²) < 4.78 is 18.7. The van der Waals surface area contributed by atoms with Crippen molar-refractivity contribution >= 4 is 32.9 Å². The molecule has 0 aromatic carbocycles. The van der Waals surface area contributed by atoms with Crippen LogP contribution in [-0.2, 0) is 22.1 Å². The van der Waals surface area contributed by atoms with E-state index in [0.717, 1.165) is 48.5 Å². The summed E-state index contributed by atoms with van der Waals surface area (Å²) in [6.45, 7) is 3.92. The first-order chi connectivity index (χ1) is 10.3. The molecule has 8 heteroatoms. The van der Waals surface area contributed by atoms with Gasteiger partial charge < -0.3 is 15.0 Å². The van der Waals surface area contributed by atoms with Gasteiger partial charge in [0.1, 0.15) is 0 Å². The van der Waals surface area contributed by atoms with Crippen molar-refractivity contribution in [1.29, 1.82) is 0 Å². The average Bonchev–Trinajstić information content (AvgIpc) is 3.06. The van der Waals surface area contributed by atoms with Crippen LogP contribution in [0.4, 0.5) is 5.82 Å². The SMILES string of the molecule is COCCNCc1c(N2CCS(=O)CC2)nc2sccn12. The molecule has 3 heterocycles. The summed E-state index contributed by atoms with van der Waals surface area (Å²) >= 11 is 1.64. The molecule has 1 N–H and O–H groups in total. The van der Waals surface area contributed by atoms with Crippen LogP contribution in [0.3, 0.4) is 0 Å². The van der Waals surface area contributed by atoms with Gasteiger partial charge in [-0.1, -0.05) is 0 Å². The van der Waals surface area contributed by atoms with Crippen molar-refractivity contribution in [1.82, 2.24) is 14.7 Å². The van der Waals surface area contributed by atoms with Gasteiger partial charge in [-0.15, -0.1) is 11.3 Å². The Morgan fingerprint density at radius 2 is 2.29 bits per heavy atom. The smallest absolute Gasteiger partial charge is 0.195 e. The fourth-order valence-corrected chi connectivity index (χ4v) is 4.25. The van der Waals surface area contributed by atoms with Gasteiger partial charge >= 0.3 is 0 Å². The van der Waals surface area contributed by atoms with Crippen LogP contribution in [0.2, 0.25) is 0 Å². The molecule has 2 aromatic rings. The molecule has 21 heavy (non-hydrogen) atoms. The van der Waals surface area contributed by atoms with Gasteiger partial charge in [0.15, 0.2) is 10.8 Å². The molecule has 0 amide bonds. The molecule has 0 aliphatic carbocycles. The number of hydrogen-bond donors (Lipinski definition) is 1. The Morgan fingerprint density at radius 3 is 3.05 bits per heavy atom. The van der Waals surface area contributed by atoms with Crippen molar-refractivity contribution in [2.75, 3.05) is 49.8 Å². The second kappa shape index (κ2) is 6.87. The number of rotatable bonds is 6. The van der Waals surface area contributed by atoms with Crippen molar-refractivity contribution in [3.8, 4) is 0 Å². The number of methoxy groups -OCH3 is 1. The molecule has 0 spiro atoms. The van der Waals surface area contributed by atoms with Gasteiger partial charge in [0.25, 0.3) is 0 Å². The fraction of sp³-hybridized carbons (Fsp3) is 0.615. The van der Waals surface area contributed by atoms with Crippen molar-refractivity contribution < 1.29 is 8.95 Å². The number of hydrogen-bond acceptors (Lipinski definition) is 6. The molecule has 2 aromatic heterocycles. The molecule has 1 aliphatic rings. The Morgan fingerprint density at radius 1 is 1.48 bits per heavy atom. The van der Waals surface area contributed by atoms with Crippen LogP contribution in [0.1, 0.15) is 5.69 Å². The highest BCUT2D eigenvalue weighted by Crippen LogP contribution is 2.25. The molecule has 116 valence electrons. The van der Waals surface area contributed by atoms with E-state index in [4.69, 9.17) is 9.72 Å².